The molecule has 0 bridgehead atoms. The molecular weight excluding hydrogens is 248 g/mol. The van der Waals surface area contributed by atoms with E-state index < -0.39 is 0 Å². The molecule has 1 fully saturated rings. The quantitative estimate of drug-likeness (QED) is 0.605. The van der Waals surface area contributed by atoms with Crippen LogP contribution >= 0.6 is 0 Å². The van der Waals surface area contributed by atoms with Crippen molar-refractivity contribution in [3.05, 3.63) is 0 Å². The van der Waals surface area contributed by atoms with Gasteiger partial charge in [-0.05, 0) is 52.1 Å². The van der Waals surface area contributed by atoms with Crippen LogP contribution < -0.4 is 5.32 Å². The molecule has 2 N–H and O–H groups in total. The van der Waals surface area contributed by atoms with E-state index in [1.807, 2.05) is 0 Å². The molecule has 0 saturated heterocycles. The van der Waals surface area contributed by atoms with Gasteiger partial charge in [-0.2, -0.15) is 0 Å². The minimum absolute atomic E-state index is 0.113. The van der Waals surface area contributed by atoms with Gasteiger partial charge in [-0.3, -0.25) is 0 Å². The second-order valence-corrected chi connectivity index (χ2v) is 7.39. The van der Waals surface area contributed by atoms with Crippen molar-refractivity contribution >= 4 is 0 Å². The smallest absolute Gasteiger partial charge is 0.0610 e. The Hall–Kier alpha value is -0.120. The van der Waals surface area contributed by atoms with Gasteiger partial charge < -0.3 is 15.3 Å². The lowest BCUT2D eigenvalue weighted by molar-refractivity contribution is 0.152. The van der Waals surface area contributed by atoms with Crippen LogP contribution in [0.2, 0.25) is 0 Å². The minimum atomic E-state index is -0.113. The van der Waals surface area contributed by atoms with Gasteiger partial charge in [0, 0.05) is 18.1 Å². The predicted octanol–water partition coefficient (Wildman–Crippen LogP) is 3.03. The number of hydrogen-bond donors (Lipinski definition) is 2. The fourth-order valence-corrected chi connectivity index (χ4v) is 3.52. The molecule has 0 aromatic carbocycles. The van der Waals surface area contributed by atoms with Crippen molar-refractivity contribution in [1.29, 1.82) is 0 Å². The van der Waals surface area contributed by atoms with Gasteiger partial charge in [0.2, 0.25) is 0 Å². The number of unbranched alkanes of at least 4 members (excludes halogenated alkanes) is 1. The third kappa shape index (κ3) is 7.05. The molecule has 0 heterocycles. The van der Waals surface area contributed by atoms with Crippen molar-refractivity contribution in [1.82, 2.24) is 10.2 Å². The molecule has 1 saturated carbocycles. The average molecular weight is 284 g/mol. The average Bonchev–Trinajstić information content (AvgIpc) is 2.86. The molecule has 1 rings (SSSR count). The Morgan fingerprint density at radius 2 is 1.90 bits per heavy atom. The molecule has 0 radical (unpaired) electrons. The first kappa shape index (κ1) is 17.9. The molecule has 1 aliphatic carbocycles. The molecule has 0 aliphatic heterocycles. The third-order valence-electron chi connectivity index (χ3n) is 4.55. The number of aliphatic hydroxyl groups excluding tert-OH is 1. The van der Waals surface area contributed by atoms with Crippen molar-refractivity contribution in [2.45, 2.75) is 77.3 Å². The lowest BCUT2D eigenvalue weighted by Crippen LogP contribution is -2.49. The lowest BCUT2D eigenvalue weighted by Gasteiger charge is -2.31. The van der Waals surface area contributed by atoms with E-state index >= 15 is 0 Å². The summed E-state index contributed by atoms with van der Waals surface area (Å²) < 4.78 is 0. The maximum Gasteiger partial charge on any atom is 0.0610 e. The van der Waals surface area contributed by atoms with Crippen LogP contribution in [-0.4, -0.2) is 48.3 Å². The Morgan fingerprint density at radius 3 is 2.45 bits per heavy atom. The second-order valence-electron chi connectivity index (χ2n) is 7.39. The molecular formula is C17H36N2O. The van der Waals surface area contributed by atoms with E-state index in [9.17, 15) is 5.11 Å². The summed E-state index contributed by atoms with van der Waals surface area (Å²) in [5, 5.41) is 13.0. The van der Waals surface area contributed by atoms with E-state index in [-0.39, 0.29) is 12.1 Å². The highest BCUT2D eigenvalue weighted by Gasteiger charge is 2.23. The van der Waals surface area contributed by atoms with E-state index in [0.717, 1.165) is 12.3 Å². The Labute approximate surface area is 126 Å². The van der Waals surface area contributed by atoms with Crippen molar-refractivity contribution in [3.8, 4) is 0 Å². The molecule has 120 valence electrons. The Morgan fingerprint density at radius 1 is 1.25 bits per heavy atom. The van der Waals surface area contributed by atoms with Crippen LogP contribution in [0.5, 0.6) is 0 Å². The zero-order valence-electron chi connectivity index (χ0n) is 14.1. The Bertz CT molecular complexity index is 251. The summed E-state index contributed by atoms with van der Waals surface area (Å²) in [5.74, 6) is 0.949. The van der Waals surface area contributed by atoms with Gasteiger partial charge in [-0.15, -0.1) is 0 Å². The number of hydrogen-bond acceptors (Lipinski definition) is 3. The zero-order valence-corrected chi connectivity index (χ0v) is 14.1. The molecule has 0 amide bonds. The van der Waals surface area contributed by atoms with Crippen molar-refractivity contribution in [3.63, 3.8) is 0 Å². The predicted molar refractivity (Wildman–Crippen MR) is 87.1 cm³/mol. The highest BCUT2D eigenvalue weighted by molar-refractivity contribution is 4.83. The van der Waals surface area contributed by atoms with E-state index in [1.54, 1.807) is 0 Å². The Kier molecular flexibility index (Phi) is 8.08. The third-order valence-corrected chi connectivity index (χ3v) is 4.55. The molecule has 1 aliphatic rings. The van der Waals surface area contributed by atoms with Crippen LogP contribution in [0.25, 0.3) is 0 Å². The van der Waals surface area contributed by atoms with Gasteiger partial charge >= 0.3 is 0 Å². The maximum absolute atomic E-state index is 9.56. The highest BCUT2D eigenvalue weighted by Crippen LogP contribution is 2.25. The molecule has 0 aromatic heterocycles. The monoisotopic (exact) mass is 284 g/mol. The molecule has 1 atom stereocenters. The summed E-state index contributed by atoms with van der Waals surface area (Å²) in [4.78, 5) is 2.50. The topological polar surface area (TPSA) is 35.5 Å². The summed E-state index contributed by atoms with van der Waals surface area (Å²) in [6, 6.07) is 0.428. The lowest BCUT2D eigenvalue weighted by atomic mass is 9.94. The number of nitrogens with zero attached hydrogens (tertiary/aromatic N) is 1. The van der Waals surface area contributed by atoms with Crippen LogP contribution in [0, 0.1) is 5.92 Å². The summed E-state index contributed by atoms with van der Waals surface area (Å²) in [6.45, 7) is 9.12. The first-order valence-electron chi connectivity index (χ1n) is 8.52. The van der Waals surface area contributed by atoms with Gasteiger partial charge in [-0.25, -0.2) is 0 Å². The summed E-state index contributed by atoms with van der Waals surface area (Å²) >= 11 is 0. The van der Waals surface area contributed by atoms with Gasteiger partial charge in [-0.1, -0.05) is 33.1 Å². The Balaban J connectivity index is 2.12. The van der Waals surface area contributed by atoms with Crippen LogP contribution in [0.1, 0.15) is 65.7 Å². The van der Waals surface area contributed by atoms with E-state index in [0.29, 0.717) is 6.04 Å². The van der Waals surface area contributed by atoms with Gasteiger partial charge in [0.25, 0.3) is 0 Å². The first-order valence-corrected chi connectivity index (χ1v) is 8.52. The summed E-state index contributed by atoms with van der Waals surface area (Å²) in [6.07, 6.45) is 9.22. The zero-order chi connectivity index (χ0) is 15.0. The van der Waals surface area contributed by atoms with Crippen molar-refractivity contribution in [2.24, 2.45) is 5.92 Å². The standard InChI is InChI=1S/C17H36N2O/c1-15(2)18-17(3,14-20)11-7-8-12-19(4)13-16-9-5-6-10-16/h15-16,18,20H,5-14H2,1-4H3. The maximum atomic E-state index is 9.56. The van der Waals surface area contributed by atoms with Gasteiger partial charge in [0.1, 0.15) is 0 Å². The van der Waals surface area contributed by atoms with Crippen LogP contribution in [0.3, 0.4) is 0 Å². The van der Waals surface area contributed by atoms with Crippen LogP contribution in [0.4, 0.5) is 0 Å². The van der Waals surface area contributed by atoms with Crippen LogP contribution in [-0.2, 0) is 0 Å². The van der Waals surface area contributed by atoms with Gasteiger partial charge in [0.05, 0.1) is 6.61 Å². The highest BCUT2D eigenvalue weighted by atomic mass is 16.3. The molecule has 0 spiro atoms. The fourth-order valence-electron chi connectivity index (χ4n) is 3.52. The van der Waals surface area contributed by atoms with E-state index in [4.69, 9.17) is 0 Å². The molecule has 20 heavy (non-hydrogen) atoms. The normalized spacial score (nSPS) is 19.9. The number of rotatable bonds is 10. The summed E-state index contributed by atoms with van der Waals surface area (Å²) in [5.41, 5.74) is -0.113. The van der Waals surface area contributed by atoms with Crippen LogP contribution in [0.15, 0.2) is 0 Å². The van der Waals surface area contributed by atoms with E-state index in [1.165, 1.54) is 51.6 Å². The largest absolute Gasteiger partial charge is 0.394 e. The molecule has 3 heteroatoms. The van der Waals surface area contributed by atoms with E-state index in [2.05, 4.69) is 38.0 Å². The second kappa shape index (κ2) is 9.01. The van der Waals surface area contributed by atoms with Crippen molar-refractivity contribution < 1.29 is 5.11 Å². The number of aliphatic hydroxyl groups is 1. The first-order chi connectivity index (χ1) is 9.45. The number of nitrogens with one attached hydrogen (secondary N) is 1. The van der Waals surface area contributed by atoms with Crippen molar-refractivity contribution in [2.75, 3.05) is 26.7 Å². The minimum Gasteiger partial charge on any atom is -0.394 e. The summed E-state index contributed by atoms with van der Waals surface area (Å²) in [7, 11) is 2.26. The molecule has 3 nitrogen and oxygen atoms in total. The molecule has 1 unspecified atom stereocenters. The van der Waals surface area contributed by atoms with Gasteiger partial charge in [0.15, 0.2) is 0 Å². The SMILES string of the molecule is CC(C)NC(C)(CO)CCCCN(C)CC1CCCC1. The fraction of sp³-hybridized carbons (Fsp3) is 1.00. The molecule has 0 aromatic rings.